The van der Waals surface area contributed by atoms with Crippen molar-refractivity contribution in [2.24, 2.45) is 7.05 Å². The van der Waals surface area contributed by atoms with E-state index in [0.717, 1.165) is 5.69 Å². The number of nitrogens with zero attached hydrogens (tertiary/aromatic N) is 5. The van der Waals surface area contributed by atoms with Crippen molar-refractivity contribution in [1.82, 2.24) is 19.2 Å². The zero-order valence-electron chi connectivity index (χ0n) is 16.8. The minimum absolute atomic E-state index is 0.00117. The Hall–Kier alpha value is -3.46. The molecule has 31 heavy (non-hydrogen) atoms. The van der Waals surface area contributed by atoms with Crippen LogP contribution in [0.5, 0.6) is 0 Å². The molecule has 0 unspecified atom stereocenters. The summed E-state index contributed by atoms with van der Waals surface area (Å²) in [5.41, 5.74) is 0.469. The first kappa shape index (κ1) is 20.8. The van der Waals surface area contributed by atoms with E-state index >= 15 is 0 Å². The van der Waals surface area contributed by atoms with Gasteiger partial charge in [0.2, 0.25) is 0 Å². The quantitative estimate of drug-likeness (QED) is 0.457. The molecule has 0 saturated carbocycles. The molecule has 1 amide bonds. The smallest absolute Gasteiger partial charge is 0.339 e. The van der Waals surface area contributed by atoms with Crippen molar-refractivity contribution < 1.29 is 9.72 Å². The predicted molar refractivity (Wildman–Crippen MR) is 115 cm³/mol. The molecule has 4 rings (SSSR count). The number of likely N-dealkylation sites (tertiary alicyclic amines) is 1. The van der Waals surface area contributed by atoms with Crippen LogP contribution in [0.2, 0.25) is 5.02 Å². The summed E-state index contributed by atoms with van der Waals surface area (Å²) in [6.45, 7) is 0.865. The second-order valence-electron chi connectivity index (χ2n) is 7.42. The van der Waals surface area contributed by atoms with Crippen LogP contribution in [0.1, 0.15) is 34.9 Å². The maximum atomic E-state index is 12.9. The molecule has 0 spiro atoms. The fourth-order valence-corrected chi connectivity index (χ4v) is 4.07. The van der Waals surface area contributed by atoms with Gasteiger partial charge in [-0.2, -0.15) is 5.10 Å². The first-order valence-electron chi connectivity index (χ1n) is 9.81. The minimum atomic E-state index is -0.552. The van der Waals surface area contributed by atoms with E-state index in [2.05, 4.69) is 5.10 Å². The molecule has 9 nitrogen and oxygen atoms in total. The maximum Gasteiger partial charge on any atom is 0.350 e. The van der Waals surface area contributed by atoms with Gasteiger partial charge in [0.05, 0.1) is 21.2 Å². The molecule has 1 aliphatic rings. The van der Waals surface area contributed by atoms with Gasteiger partial charge in [0, 0.05) is 38.2 Å². The predicted octanol–water partition coefficient (Wildman–Crippen LogP) is 3.15. The normalized spacial score (nSPS) is 14.6. The molecule has 0 aliphatic carbocycles. The lowest BCUT2D eigenvalue weighted by Gasteiger charge is -2.31. The summed E-state index contributed by atoms with van der Waals surface area (Å²) in [4.78, 5) is 37.7. The number of non-ortho nitro benzene ring substituents is 1. The van der Waals surface area contributed by atoms with Gasteiger partial charge in [0.1, 0.15) is 5.82 Å². The molecule has 2 heterocycles. The van der Waals surface area contributed by atoms with Gasteiger partial charge in [-0.15, -0.1) is 0 Å². The number of hydrogen-bond donors (Lipinski definition) is 0. The van der Waals surface area contributed by atoms with E-state index in [1.807, 2.05) is 30.3 Å². The van der Waals surface area contributed by atoms with Crippen molar-refractivity contribution in [3.05, 3.63) is 85.5 Å². The number of benzene rings is 2. The lowest BCUT2D eigenvalue weighted by atomic mass is 9.95. The van der Waals surface area contributed by atoms with E-state index in [9.17, 15) is 19.7 Å². The summed E-state index contributed by atoms with van der Waals surface area (Å²) in [7, 11) is 1.62. The van der Waals surface area contributed by atoms with Crippen LogP contribution in [0.25, 0.3) is 5.69 Å². The van der Waals surface area contributed by atoms with E-state index in [0.29, 0.717) is 31.8 Å². The van der Waals surface area contributed by atoms with Crippen molar-refractivity contribution in [1.29, 1.82) is 0 Å². The highest BCUT2D eigenvalue weighted by Gasteiger charge is 2.30. The summed E-state index contributed by atoms with van der Waals surface area (Å²) in [5, 5.41) is 15.7. The number of nitro benzene ring substituents is 1. The van der Waals surface area contributed by atoms with Crippen molar-refractivity contribution in [2.45, 2.75) is 18.8 Å². The standard InChI is InChI=1S/C21H20ClN5O4/c1-24-21(29)26(15-5-3-2-4-6-15)19(23-24)14-9-11-25(12-10-14)20(28)17-13-16(27(30)31)7-8-18(17)22/h2-8,13-14H,9-12H2,1H3. The second kappa shape index (κ2) is 8.35. The zero-order chi connectivity index (χ0) is 22.1. The Kier molecular flexibility index (Phi) is 5.60. The van der Waals surface area contributed by atoms with Crippen LogP contribution in [0.3, 0.4) is 0 Å². The number of piperidine rings is 1. The maximum absolute atomic E-state index is 12.9. The number of rotatable bonds is 4. The highest BCUT2D eigenvalue weighted by Crippen LogP contribution is 2.30. The summed E-state index contributed by atoms with van der Waals surface area (Å²) in [5.74, 6) is 0.325. The van der Waals surface area contributed by atoms with Gasteiger partial charge >= 0.3 is 5.69 Å². The van der Waals surface area contributed by atoms with Crippen LogP contribution in [-0.2, 0) is 7.05 Å². The van der Waals surface area contributed by atoms with E-state index in [-0.39, 0.29) is 33.8 Å². The van der Waals surface area contributed by atoms with Gasteiger partial charge in [0.15, 0.2) is 0 Å². The fourth-order valence-electron chi connectivity index (χ4n) is 3.87. The van der Waals surface area contributed by atoms with Crippen LogP contribution in [0, 0.1) is 10.1 Å². The average molecular weight is 442 g/mol. The lowest BCUT2D eigenvalue weighted by molar-refractivity contribution is -0.384. The number of nitro groups is 1. The molecular formula is C21H20ClN5O4. The van der Waals surface area contributed by atoms with Crippen LogP contribution in [0.4, 0.5) is 5.69 Å². The van der Waals surface area contributed by atoms with E-state index in [1.165, 1.54) is 22.9 Å². The molecule has 2 aromatic carbocycles. The third kappa shape index (κ3) is 3.96. The minimum Gasteiger partial charge on any atom is -0.339 e. The summed E-state index contributed by atoms with van der Waals surface area (Å²) in [6, 6.07) is 13.2. The van der Waals surface area contributed by atoms with Gasteiger partial charge in [-0.1, -0.05) is 29.8 Å². The van der Waals surface area contributed by atoms with Gasteiger partial charge < -0.3 is 4.90 Å². The molecule has 0 bridgehead atoms. The molecule has 1 aliphatic heterocycles. The largest absolute Gasteiger partial charge is 0.350 e. The number of aryl methyl sites for hydroxylation is 1. The Bertz CT molecular complexity index is 1200. The molecule has 0 atom stereocenters. The average Bonchev–Trinajstić information content (AvgIpc) is 3.08. The zero-order valence-corrected chi connectivity index (χ0v) is 17.5. The first-order chi connectivity index (χ1) is 14.9. The molecule has 0 radical (unpaired) electrons. The molecule has 0 N–H and O–H groups in total. The van der Waals surface area contributed by atoms with E-state index < -0.39 is 4.92 Å². The molecule has 1 fully saturated rings. The highest BCUT2D eigenvalue weighted by atomic mass is 35.5. The molecule has 1 saturated heterocycles. The SMILES string of the molecule is Cn1nc(C2CCN(C(=O)c3cc([N+](=O)[O-])ccc3Cl)CC2)n(-c2ccccc2)c1=O. The van der Waals surface area contributed by atoms with Crippen molar-refractivity contribution in [2.75, 3.05) is 13.1 Å². The molecular weight excluding hydrogens is 422 g/mol. The Morgan fingerprint density at radius 3 is 2.48 bits per heavy atom. The third-order valence-corrected chi connectivity index (χ3v) is 5.83. The molecule has 10 heteroatoms. The number of carbonyl (C=O) groups is 1. The van der Waals surface area contributed by atoms with Crippen LogP contribution < -0.4 is 5.69 Å². The Morgan fingerprint density at radius 2 is 1.84 bits per heavy atom. The number of aromatic nitrogens is 3. The molecule has 1 aromatic heterocycles. The van der Waals surface area contributed by atoms with Crippen molar-refractivity contribution in [3.63, 3.8) is 0 Å². The van der Waals surface area contributed by atoms with Crippen LogP contribution in [0.15, 0.2) is 53.3 Å². The monoisotopic (exact) mass is 441 g/mol. The van der Waals surface area contributed by atoms with Crippen molar-refractivity contribution >= 4 is 23.2 Å². The molecule has 3 aromatic rings. The summed E-state index contributed by atoms with van der Waals surface area (Å²) < 4.78 is 2.93. The van der Waals surface area contributed by atoms with Gasteiger partial charge in [-0.3, -0.25) is 14.9 Å². The fraction of sp³-hybridized carbons (Fsp3) is 0.286. The third-order valence-electron chi connectivity index (χ3n) is 5.50. The highest BCUT2D eigenvalue weighted by molar-refractivity contribution is 6.33. The number of para-hydroxylation sites is 1. The molecule has 160 valence electrons. The van der Waals surface area contributed by atoms with Crippen molar-refractivity contribution in [3.8, 4) is 5.69 Å². The topological polar surface area (TPSA) is 103 Å². The second-order valence-corrected chi connectivity index (χ2v) is 7.83. The summed E-state index contributed by atoms with van der Waals surface area (Å²) >= 11 is 6.13. The van der Waals surface area contributed by atoms with Crippen LogP contribution in [-0.4, -0.2) is 43.2 Å². The summed E-state index contributed by atoms with van der Waals surface area (Å²) in [6.07, 6.45) is 1.23. The Balaban J connectivity index is 1.55. The first-order valence-corrected chi connectivity index (χ1v) is 10.2. The number of amides is 1. The van der Waals surface area contributed by atoms with E-state index in [1.54, 1.807) is 16.5 Å². The van der Waals surface area contributed by atoms with Gasteiger partial charge in [-0.05, 0) is 31.0 Å². The number of hydrogen-bond acceptors (Lipinski definition) is 5. The Morgan fingerprint density at radius 1 is 1.16 bits per heavy atom. The number of halogens is 1. The number of carbonyl (C=O) groups excluding carboxylic acids is 1. The van der Waals surface area contributed by atoms with Gasteiger partial charge in [0.25, 0.3) is 11.6 Å². The van der Waals surface area contributed by atoms with Gasteiger partial charge in [-0.25, -0.2) is 14.0 Å². The van der Waals surface area contributed by atoms with E-state index in [4.69, 9.17) is 11.6 Å². The van der Waals surface area contributed by atoms with Crippen LogP contribution >= 0.6 is 11.6 Å². The Labute approximate surface area is 182 Å². The lowest BCUT2D eigenvalue weighted by Crippen LogP contribution is -2.38.